The van der Waals surface area contributed by atoms with E-state index in [0.29, 0.717) is 63.2 Å². The standard InChI is InChI=1S/C32H36FN7O2S/c1-6-25(42)39-14-20-15-43-31-27(32(36)40(20)13-18(39)4)24(38-29-17(3)9-10-37-30(29)19(5)41)11-21(28(31)33)26-16(2)7-8-23(35)22(26)12-34/h6-12,18-20,34,36,38,41H,1,13-15,35H2,2-5H3. The molecule has 3 unspecified atom stereocenters. The predicted octanol–water partition coefficient (Wildman–Crippen LogP) is 5.40. The van der Waals surface area contributed by atoms with E-state index in [1.807, 2.05) is 31.7 Å². The lowest BCUT2D eigenvalue weighted by molar-refractivity contribution is -0.130. The lowest BCUT2D eigenvalue weighted by Crippen LogP contribution is -2.60. The van der Waals surface area contributed by atoms with Gasteiger partial charge in [-0.05, 0) is 68.7 Å². The van der Waals surface area contributed by atoms with Gasteiger partial charge in [0.1, 0.15) is 11.7 Å². The highest BCUT2D eigenvalue weighted by atomic mass is 32.2. The summed E-state index contributed by atoms with van der Waals surface area (Å²) in [6, 6.07) is 6.58. The number of piperazine rings is 1. The Kier molecular flexibility index (Phi) is 8.31. The van der Waals surface area contributed by atoms with Gasteiger partial charge in [0.15, 0.2) is 0 Å². The first-order chi connectivity index (χ1) is 20.5. The van der Waals surface area contributed by atoms with Crippen molar-refractivity contribution < 1.29 is 14.3 Å². The molecule has 2 aromatic carbocycles. The van der Waals surface area contributed by atoms with E-state index in [9.17, 15) is 15.3 Å². The number of nitrogens with zero attached hydrogens (tertiary/aromatic N) is 3. The first kappa shape index (κ1) is 30.2. The normalized spacial score (nSPS) is 18.8. The van der Waals surface area contributed by atoms with Gasteiger partial charge in [-0.3, -0.25) is 15.2 Å². The number of hydrogen-bond acceptors (Lipinski definition) is 8. The van der Waals surface area contributed by atoms with E-state index in [0.717, 1.165) is 17.3 Å². The SMILES string of the molecule is C=CC(=O)N1CC2CSc3c(F)c(-c4c(C)ccc(N)c4C=N)cc(Nc4c(C)ccnc4C(C)O)c3C(=N)N2CC1C. The van der Waals surface area contributed by atoms with Crippen LogP contribution >= 0.6 is 11.8 Å². The summed E-state index contributed by atoms with van der Waals surface area (Å²) in [7, 11) is 0. The number of pyridine rings is 1. The zero-order valence-corrected chi connectivity index (χ0v) is 25.5. The van der Waals surface area contributed by atoms with Gasteiger partial charge in [0.25, 0.3) is 0 Å². The molecule has 3 heterocycles. The number of nitrogen functional groups attached to an aromatic ring is 1. The second-order valence-electron chi connectivity index (χ2n) is 11.1. The van der Waals surface area contributed by atoms with Crippen LogP contribution in [0.4, 0.5) is 21.5 Å². The molecule has 11 heteroatoms. The Labute approximate surface area is 255 Å². The maximum Gasteiger partial charge on any atom is 0.246 e. The number of aliphatic hydroxyl groups is 1. The van der Waals surface area contributed by atoms with Crippen LogP contribution in [0.3, 0.4) is 0 Å². The van der Waals surface area contributed by atoms with Crippen LogP contribution in [0.2, 0.25) is 0 Å². The largest absolute Gasteiger partial charge is 0.398 e. The lowest BCUT2D eigenvalue weighted by Gasteiger charge is -2.45. The molecule has 0 aliphatic carbocycles. The molecule has 2 aliphatic rings. The maximum atomic E-state index is 16.8. The monoisotopic (exact) mass is 601 g/mol. The predicted molar refractivity (Wildman–Crippen MR) is 171 cm³/mol. The molecule has 0 spiro atoms. The summed E-state index contributed by atoms with van der Waals surface area (Å²) in [6.07, 6.45) is 3.18. The van der Waals surface area contributed by atoms with Crippen molar-refractivity contribution in [1.29, 1.82) is 10.8 Å². The highest BCUT2D eigenvalue weighted by Gasteiger charge is 2.39. The number of nitrogens with one attached hydrogen (secondary N) is 3. The Bertz CT molecular complexity index is 1660. The second kappa shape index (κ2) is 11.8. The second-order valence-corrected chi connectivity index (χ2v) is 12.1. The zero-order valence-electron chi connectivity index (χ0n) is 24.7. The summed E-state index contributed by atoms with van der Waals surface area (Å²) in [5.41, 5.74) is 11.2. The zero-order chi connectivity index (χ0) is 31.2. The Morgan fingerprint density at radius 1 is 1.28 bits per heavy atom. The molecule has 1 fully saturated rings. The number of nitrogens with two attached hydrogens (primary N) is 1. The lowest BCUT2D eigenvalue weighted by atomic mass is 9.91. The number of aromatic nitrogens is 1. The van der Waals surface area contributed by atoms with Crippen molar-refractivity contribution in [1.82, 2.24) is 14.8 Å². The molecule has 0 saturated carbocycles. The van der Waals surface area contributed by atoms with Gasteiger partial charge in [-0.2, -0.15) is 0 Å². The number of anilines is 3. The molecule has 0 radical (unpaired) electrons. The Hall–Kier alpha value is -4.22. The van der Waals surface area contributed by atoms with Gasteiger partial charge in [0.05, 0.1) is 39.7 Å². The number of amidine groups is 1. The van der Waals surface area contributed by atoms with Gasteiger partial charge in [0, 0.05) is 54.1 Å². The molecule has 2 aliphatic heterocycles. The molecule has 9 nitrogen and oxygen atoms in total. The summed E-state index contributed by atoms with van der Waals surface area (Å²) in [6.45, 7) is 11.7. The number of aliphatic hydroxyl groups excluding tert-OH is 1. The van der Waals surface area contributed by atoms with Crippen LogP contribution in [0, 0.1) is 30.5 Å². The van der Waals surface area contributed by atoms with Gasteiger partial charge in [-0.25, -0.2) is 4.39 Å². The fourth-order valence-corrected chi connectivity index (χ4v) is 7.17. The average Bonchev–Trinajstić information content (AvgIpc) is 3.12. The number of thioether (sulfide) groups is 1. The van der Waals surface area contributed by atoms with Crippen LogP contribution in [0.1, 0.15) is 47.9 Å². The Balaban J connectivity index is 1.75. The highest BCUT2D eigenvalue weighted by molar-refractivity contribution is 7.99. The summed E-state index contributed by atoms with van der Waals surface area (Å²) in [5, 5.41) is 31.5. The molecule has 0 bridgehead atoms. The van der Waals surface area contributed by atoms with E-state index < -0.39 is 11.9 Å². The quantitative estimate of drug-likeness (QED) is 0.145. The highest BCUT2D eigenvalue weighted by Crippen LogP contribution is 2.45. The number of fused-ring (bicyclic) bond motifs is 2. The van der Waals surface area contributed by atoms with Crippen LogP contribution in [0.15, 0.2) is 48.0 Å². The fourth-order valence-electron chi connectivity index (χ4n) is 5.94. The minimum Gasteiger partial charge on any atom is -0.398 e. The van der Waals surface area contributed by atoms with Gasteiger partial charge >= 0.3 is 0 Å². The number of carbonyl (C=O) groups excluding carboxylic acids is 1. The number of benzene rings is 2. The Morgan fingerprint density at radius 2 is 2.02 bits per heavy atom. The molecular formula is C32H36FN7O2S. The minimum absolute atomic E-state index is 0.146. The van der Waals surface area contributed by atoms with Crippen molar-refractivity contribution in [3.8, 4) is 11.1 Å². The summed E-state index contributed by atoms with van der Waals surface area (Å²) >= 11 is 1.31. The third-order valence-electron chi connectivity index (χ3n) is 8.21. The first-order valence-corrected chi connectivity index (χ1v) is 15.0. The summed E-state index contributed by atoms with van der Waals surface area (Å²) in [4.78, 5) is 21.0. The van der Waals surface area contributed by atoms with Crippen LogP contribution in [0.25, 0.3) is 11.1 Å². The van der Waals surface area contributed by atoms with Gasteiger partial charge < -0.3 is 31.4 Å². The van der Waals surface area contributed by atoms with Crippen molar-refractivity contribution in [2.75, 3.05) is 29.9 Å². The van der Waals surface area contributed by atoms with Crippen LogP contribution in [-0.4, -0.2) is 68.8 Å². The van der Waals surface area contributed by atoms with Crippen LogP contribution < -0.4 is 11.1 Å². The van der Waals surface area contributed by atoms with Crippen LogP contribution in [-0.2, 0) is 4.79 Å². The van der Waals surface area contributed by atoms with E-state index in [2.05, 4.69) is 16.9 Å². The average molecular weight is 602 g/mol. The van der Waals surface area contributed by atoms with Crippen molar-refractivity contribution in [2.45, 2.75) is 50.8 Å². The minimum atomic E-state index is -0.879. The van der Waals surface area contributed by atoms with Crippen molar-refractivity contribution in [3.63, 3.8) is 0 Å². The van der Waals surface area contributed by atoms with Crippen molar-refractivity contribution in [3.05, 3.63) is 76.9 Å². The van der Waals surface area contributed by atoms with Gasteiger partial charge in [-0.15, -0.1) is 11.8 Å². The third kappa shape index (κ3) is 5.27. The number of halogens is 1. The topological polar surface area (TPSA) is 142 Å². The molecular weight excluding hydrogens is 565 g/mol. The smallest absolute Gasteiger partial charge is 0.246 e. The molecule has 1 amide bonds. The van der Waals surface area contributed by atoms with E-state index >= 15 is 4.39 Å². The fraction of sp³-hybridized carbons (Fsp3) is 0.312. The summed E-state index contributed by atoms with van der Waals surface area (Å²) < 4.78 is 16.8. The number of aryl methyl sites for hydroxylation is 2. The van der Waals surface area contributed by atoms with Crippen molar-refractivity contribution in [2.24, 2.45) is 0 Å². The molecule has 43 heavy (non-hydrogen) atoms. The van der Waals surface area contributed by atoms with E-state index in [4.69, 9.17) is 11.1 Å². The number of hydrogen-bond donors (Lipinski definition) is 5. The molecule has 6 N–H and O–H groups in total. The number of carbonyl (C=O) groups is 1. The molecule has 3 aromatic rings. The number of amides is 1. The molecule has 5 rings (SSSR count). The van der Waals surface area contributed by atoms with E-state index in [-0.39, 0.29) is 29.4 Å². The van der Waals surface area contributed by atoms with Crippen LogP contribution in [0.5, 0.6) is 0 Å². The number of rotatable bonds is 6. The van der Waals surface area contributed by atoms with E-state index in [1.165, 1.54) is 17.8 Å². The molecule has 224 valence electrons. The van der Waals surface area contributed by atoms with Gasteiger partial charge in [0.2, 0.25) is 5.91 Å². The maximum absolute atomic E-state index is 16.8. The summed E-state index contributed by atoms with van der Waals surface area (Å²) in [5.74, 6) is -0.0822. The Morgan fingerprint density at radius 3 is 2.70 bits per heavy atom. The van der Waals surface area contributed by atoms with Gasteiger partial charge in [-0.1, -0.05) is 12.6 Å². The van der Waals surface area contributed by atoms with E-state index in [1.54, 1.807) is 36.2 Å². The third-order valence-corrected chi connectivity index (χ3v) is 9.43. The van der Waals surface area contributed by atoms with Crippen molar-refractivity contribution >= 4 is 46.8 Å². The molecule has 1 saturated heterocycles. The molecule has 1 aromatic heterocycles. The first-order valence-electron chi connectivity index (χ1n) is 14.1. The molecule has 3 atom stereocenters.